The summed E-state index contributed by atoms with van der Waals surface area (Å²) in [5.74, 6) is 0.443. The summed E-state index contributed by atoms with van der Waals surface area (Å²) in [5.41, 5.74) is -3.45. The fourth-order valence-corrected chi connectivity index (χ4v) is 4.41. The maximum atomic E-state index is 13.4. The lowest BCUT2D eigenvalue weighted by atomic mass is 9.82. The van der Waals surface area contributed by atoms with Gasteiger partial charge >= 0.3 is 12.4 Å². The van der Waals surface area contributed by atoms with E-state index in [-0.39, 0.29) is 24.7 Å². The minimum atomic E-state index is -4.93. The van der Waals surface area contributed by atoms with Crippen LogP contribution in [0.1, 0.15) is 22.3 Å². The molecular weight excluding hydrogens is 462 g/mol. The van der Waals surface area contributed by atoms with Crippen molar-refractivity contribution in [3.8, 4) is 5.75 Å². The molecule has 3 rings (SSSR count). The maximum absolute atomic E-state index is 13.4. The summed E-state index contributed by atoms with van der Waals surface area (Å²) in [6.45, 7) is 6.89. The molecule has 187 valence electrons. The van der Waals surface area contributed by atoms with Crippen molar-refractivity contribution in [3.63, 3.8) is 0 Å². The standard InChI is InChI=1S/C24H27F6N2O2/c1-22(20-5-3-4-6-21(20)34-2,32-9-7-31(8-10-32)11-12-33)16-17-13-18(23(25,26)27)15-19(14-17)24(28,29)30/h3-6,13-15,33H,1,7-12,16H2,2H3. The second-order valence-corrected chi connectivity index (χ2v) is 8.38. The largest absolute Gasteiger partial charge is 0.496 e. The van der Waals surface area contributed by atoms with Crippen molar-refractivity contribution in [1.82, 2.24) is 9.80 Å². The van der Waals surface area contributed by atoms with Gasteiger partial charge in [-0.05, 0) is 43.2 Å². The molecule has 0 aromatic heterocycles. The zero-order valence-electron chi connectivity index (χ0n) is 18.7. The highest BCUT2D eigenvalue weighted by molar-refractivity contribution is 5.43. The Kier molecular flexibility index (Phi) is 7.84. The third-order valence-electron chi connectivity index (χ3n) is 6.15. The van der Waals surface area contributed by atoms with Gasteiger partial charge in [-0.15, -0.1) is 0 Å². The Labute approximate surface area is 194 Å². The van der Waals surface area contributed by atoms with E-state index in [4.69, 9.17) is 4.74 Å². The molecule has 34 heavy (non-hydrogen) atoms. The summed E-state index contributed by atoms with van der Waals surface area (Å²) in [6.07, 6.45) is -10.1. The summed E-state index contributed by atoms with van der Waals surface area (Å²) in [7, 11) is 1.45. The Morgan fingerprint density at radius 3 is 1.97 bits per heavy atom. The third-order valence-corrected chi connectivity index (χ3v) is 6.15. The molecule has 1 aliphatic rings. The minimum absolute atomic E-state index is 0.00746. The lowest BCUT2D eigenvalue weighted by molar-refractivity contribution is -0.143. The molecule has 2 aromatic rings. The van der Waals surface area contributed by atoms with Gasteiger partial charge in [-0.3, -0.25) is 9.80 Å². The number of benzene rings is 2. The second kappa shape index (κ2) is 10.1. The normalized spacial score (nSPS) is 18.0. The number of hydrogen-bond donors (Lipinski definition) is 1. The summed E-state index contributed by atoms with van der Waals surface area (Å²) >= 11 is 0. The number of para-hydroxylation sites is 1. The number of methoxy groups -OCH3 is 1. The van der Waals surface area contributed by atoms with Crippen LogP contribution in [-0.2, 0) is 24.3 Å². The van der Waals surface area contributed by atoms with Crippen molar-refractivity contribution in [2.24, 2.45) is 0 Å². The molecule has 1 unspecified atom stereocenters. The number of piperazine rings is 1. The number of nitrogens with zero attached hydrogens (tertiary/aromatic N) is 2. The third kappa shape index (κ3) is 5.84. The predicted octanol–water partition coefficient (Wildman–Crippen LogP) is 4.61. The Hall–Kier alpha value is -2.30. The van der Waals surface area contributed by atoms with Gasteiger partial charge in [0.15, 0.2) is 0 Å². The quantitative estimate of drug-likeness (QED) is 0.577. The van der Waals surface area contributed by atoms with E-state index in [2.05, 4.69) is 6.92 Å². The molecule has 4 nitrogen and oxygen atoms in total. The van der Waals surface area contributed by atoms with Crippen LogP contribution in [0.15, 0.2) is 42.5 Å². The molecule has 1 N–H and O–H groups in total. The number of rotatable bonds is 7. The molecule has 1 radical (unpaired) electrons. The van der Waals surface area contributed by atoms with Crippen LogP contribution in [0, 0.1) is 6.92 Å². The van der Waals surface area contributed by atoms with Gasteiger partial charge in [-0.1, -0.05) is 18.2 Å². The molecule has 1 fully saturated rings. The Bertz CT molecular complexity index is 938. The van der Waals surface area contributed by atoms with Gasteiger partial charge in [0, 0.05) is 38.3 Å². The monoisotopic (exact) mass is 489 g/mol. The first kappa shape index (κ1) is 26.3. The fraction of sp³-hybridized carbons (Fsp3) is 0.458. The average molecular weight is 489 g/mol. The topological polar surface area (TPSA) is 35.9 Å². The molecule has 1 atom stereocenters. The molecule has 0 saturated carbocycles. The first-order chi connectivity index (χ1) is 15.9. The summed E-state index contributed by atoms with van der Waals surface area (Å²) in [6, 6.07) is 8.51. The number of aliphatic hydroxyl groups is 1. The van der Waals surface area contributed by atoms with Crippen LogP contribution in [-0.4, -0.2) is 61.3 Å². The summed E-state index contributed by atoms with van der Waals surface area (Å²) in [4.78, 5) is 3.98. The lowest BCUT2D eigenvalue weighted by Crippen LogP contribution is -2.55. The lowest BCUT2D eigenvalue weighted by Gasteiger charge is -2.46. The van der Waals surface area contributed by atoms with E-state index < -0.39 is 29.0 Å². The summed E-state index contributed by atoms with van der Waals surface area (Å²) in [5, 5.41) is 9.20. The number of ether oxygens (including phenoxy) is 1. The molecule has 10 heteroatoms. The molecule has 1 aliphatic heterocycles. The molecule has 1 saturated heterocycles. The van der Waals surface area contributed by atoms with Crippen molar-refractivity contribution < 1.29 is 36.2 Å². The van der Waals surface area contributed by atoms with Gasteiger partial charge in [0.05, 0.1) is 30.4 Å². The zero-order valence-corrected chi connectivity index (χ0v) is 18.7. The molecule has 0 bridgehead atoms. The van der Waals surface area contributed by atoms with Gasteiger partial charge in [-0.2, -0.15) is 26.3 Å². The van der Waals surface area contributed by atoms with Crippen molar-refractivity contribution >= 4 is 0 Å². The number of halogens is 6. The number of β-amino-alcohol motifs (C(OH)–C–C–N with tert-alkyl or cyclic N) is 1. The van der Waals surface area contributed by atoms with Gasteiger partial charge in [0.25, 0.3) is 0 Å². The molecule has 2 aromatic carbocycles. The molecule has 0 aliphatic carbocycles. The first-order valence-corrected chi connectivity index (χ1v) is 10.7. The molecule has 1 heterocycles. The van der Waals surface area contributed by atoms with E-state index in [1.54, 1.807) is 24.3 Å². The van der Waals surface area contributed by atoms with Gasteiger partial charge in [0.2, 0.25) is 0 Å². The average Bonchev–Trinajstić information content (AvgIpc) is 2.78. The Morgan fingerprint density at radius 1 is 0.912 bits per heavy atom. The number of hydrogen-bond acceptors (Lipinski definition) is 4. The zero-order chi connectivity index (χ0) is 25.1. The first-order valence-electron chi connectivity index (χ1n) is 10.7. The van der Waals surface area contributed by atoms with E-state index in [0.29, 0.717) is 44.0 Å². The van der Waals surface area contributed by atoms with Crippen LogP contribution in [0.25, 0.3) is 0 Å². The van der Waals surface area contributed by atoms with Crippen LogP contribution in [0.5, 0.6) is 5.75 Å². The van der Waals surface area contributed by atoms with E-state index in [1.165, 1.54) is 7.11 Å². The predicted molar refractivity (Wildman–Crippen MR) is 115 cm³/mol. The van der Waals surface area contributed by atoms with E-state index in [0.717, 1.165) is 12.1 Å². The van der Waals surface area contributed by atoms with E-state index >= 15 is 0 Å². The van der Waals surface area contributed by atoms with Crippen LogP contribution >= 0.6 is 0 Å². The van der Waals surface area contributed by atoms with Crippen molar-refractivity contribution in [2.45, 2.75) is 24.3 Å². The maximum Gasteiger partial charge on any atom is 0.416 e. The fourth-order valence-electron chi connectivity index (χ4n) is 4.41. The van der Waals surface area contributed by atoms with Crippen molar-refractivity contribution in [2.75, 3.05) is 46.4 Å². The Morgan fingerprint density at radius 2 is 1.47 bits per heavy atom. The molecular formula is C24H27F6N2O2. The number of aliphatic hydroxyl groups excluding tert-OH is 1. The van der Waals surface area contributed by atoms with Crippen LogP contribution in [0.2, 0.25) is 0 Å². The van der Waals surface area contributed by atoms with Crippen LogP contribution < -0.4 is 4.74 Å². The van der Waals surface area contributed by atoms with E-state index in [1.807, 2.05) is 9.80 Å². The van der Waals surface area contributed by atoms with Crippen LogP contribution in [0.3, 0.4) is 0 Å². The molecule has 0 spiro atoms. The second-order valence-electron chi connectivity index (χ2n) is 8.38. The summed E-state index contributed by atoms with van der Waals surface area (Å²) < 4.78 is 86.1. The smallest absolute Gasteiger partial charge is 0.416 e. The number of alkyl halides is 6. The highest BCUT2D eigenvalue weighted by Crippen LogP contribution is 2.41. The van der Waals surface area contributed by atoms with Gasteiger partial charge in [-0.25, -0.2) is 0 Å². The Balaban J connectivity index is 2.08. The van der Waals surface area contributed by atoms with Crippen molar-refractivity contribution in [1.29, 1.82) is 0 Å². The van der Waals surface area contributed by atoms with Crippen molar-refractivity contribution in [3.05, 3.63) is 71.6 Å². The SMILES string of the molecule is [CH2]C(Cc1cc(C(F)(F)F)cc(C(F)(F)F)c1)(c1ccccc1OC)N1CCN(CCO)CC1. The minimum Gasteiger partial charge on any atom is -0.496 e. The van der Waals surface area contributed by atoms with E-state index in [9.17, 15) is 31.4 Å². The van der Waals surface area contributed by atoms with Gasteiger partial charge < -0.3 is 9.84 Å². The van der Waals surface area contributed by atoms with Crippen LogP contribution in [0.4, 0.5) is 26.3 Å². The highest BCUT2D eigenvalue weighted by atomic mass is 19.4. The van der Waals surface area contributed by atoms with Gasteiger partial charge in [0.1, 0.15) is 5.75 Å². The highest BCUT2D eigenvalue weighted by Gasteiger charge is 2.41. The molecule has 0 amide bonds.